The number of methoxy groups -OCH3 is 2. The van der Waals surface area contributed by atoms with Crippen molar-refractivity contribution >= 4 is 5.97 Å². The molecule has 0 bridgehead atoms. The minimum Gasteiger partial charge on any atom is -0.508 e. The lowest BCUT2D eigenvalue weighted by atomic mass is 9.77. The molecule has 0 fully saturated rings. The van der Waals surface area contributed by atoms with Gasteiger partial charge in [0.05, 0.1) is 12.5 Å². The van der Waals surface area contributed by atoms with Crippen LogP contribution in [0.4, 0.5) is 0 Å². The highest BCUT2D eigenvalue weighted by Gasteiger charge is 2.34. The zero-order chi connectivity index (χ0) is 31.3. The highest BCUT2D eigenvalue weighted by Crippen LogP contribution is 2.36. The monoisotopic (exact) mass is 578 g/mol. The number of phenolic OH excluding ortho intramolecular Hbond substituents is 2. The topological polar surface area (TPSA) is 85.2 Å². The Balaban J connectivity index is 0.000000307. The Morgan fingerprint density at radius 2 is 1.24 bits per heavy atom. The van der Waals surface area contributed by atoms with Crippen molar-refractivity contribution in [1.29, 1.82) is 0 Å². The molecule has 0 aliphatic heterocycles. The molecule has 5 unspecified atom stereocenters. The first-order valence-corrected chi connectivity index (χ1v) is 14.9. The average molecular weight is 579 g/mol. The summed E-state index contributed by atoms with van der Waals surface area (Å²) >= 11 is 0. The molecule has 230 valence electrons. The first kappa shape index (κ1) is 34.7. The van der Waals surface area contributed by atoms with Crippen molar-refractivity contribution in [1.82, 2.24) is 0 Å². The van der Waals surface area contributed by atoms with Crippen LogP contribution in [-0.2, 0) is 14.3 Å². The molecule has 42 heavy (non-hydrogen) atoms. The van der Waals surface area contributed by atoms with Gasteiger partial charge in [-0.15, -0.1) is 0 Å². The SMILES string of the molecule is CCC(C)(CC(C)c1ccc(O)cc1)C(=O)OC.CCC(CC(C)c1ccc(OC(C)OC)cc1)c1ccc(O)cc1. The summed E-state index contributed by atoms with van der Waals surface area (Å²) in [6.07, 6.45) is 3.41. The van der Waals surface area contributed by atoms with Gasteiger partial charge in [-0.05, 0) is 110 Å². The number of ether oxygens (including phenoxy) is 3. The van der Waals surface area contributed by atoms with Crippen molar-refractivity contribution in [3.05, 3.63) is 89.5 Å². The van der Waals surface area contributed by atoms with Gasteiger partial charge in [0.25, 0.3) is 0 Å². The lowest BCUT2D eigenvalue weighted by Crippen LogP contribution is -2.30. The molecule has 0 heterocycles. The van der Waals surface area contributed by atoms with Crippen LogP contribution in [0.15, 0.2) is 72.8 Å². The summed E-state index contributed by atoms with van der Waals surface area (Å²) in [5.74, 6) is 2.44. The molecule has 0 radical (unpaired) electrons. The summed E-state index contributed by atoms with van der Waals surface area (Å²) in [5.41, 5.74) is 3.27. The second-order valence-electron chi connectivity index (χ2n) is 11.4. The molecule has 0 aromatic heterocycles. The van der Waals surface area contributed by atoms with Crippen LogP contribution in [0, 0.1) is 5.41 Å². The van der Waals surface area contributed by atoms with Crippen LogP contribution in [0.2, 0.25) is 0 Å². The first-order valence-electron chi connectivity index (χ1n) is 14.9. The number of phenols is 2. The van der Waals surface area contributed by atoms with Crippen LogP contribution in [-0.4, -0.2) is 36.7 Å². The smallest absolute Gasteiger partial charge is 0.311 e. The van der Waals surface area contributed by atoms with Crippen LogP contribution in [0.1, 0.15) is 102 Å². The Labute approximate surface area is 252 Å². The minimum absolute atomic E-state index is 0.157. The van der Waals surface area contributed by atoms with E-state index in [2.05, 4.69) is 32.9 Å². The minimum atomic E-state index is -0.452. The number of hydrogen-bond donors (Lipinski definition) is 2. The van der Waals surface area contributed by atoms with Crippen LogP contribution in [0.5, 0.6) is 17.2 Å². The van der Waals surface area contributed by atoms with Gasteiger partial charge in [-0.3, -0.25) is 4.79 Å². The summed E-state index contributed by atoms with van der Waals surface area (Å²) in [6, 6.07) is 23.0. The van der Waals surface area contributed by atoms with Gasteiger partial charge >= 0.3 is 5.97 Å². The molecule has 3 rings (SSSR count). The van der Waals surface area contributed by atoms with E-state index < -0.39 is 5.41 Å². The molecule has 6 nitrogen and oxygen atoms in total. The Morgan fingerprint density at radius 1 is 0.762 bits per heavy atom. The number of rotatable bonds is 13. The van der Waals surface area contributed by atoms with Crippen LogP contribution >= 0.6 is 0 Å². The summed E-state index contributed by atoms with van der Waals surface area (Å²) in [7, 11) is 3.07. The third-order valence-electron chi connectivity index (χ3n) is 8.26. The summed E-state index contributed by atoms with van der Waals surface area (Å²) in [5, 5.41) is 18.7. The van der Waals surface area contributed by atoms with Crippen molar-refractivity contribution in [3.63, 3.8) is 0 Å². The van der Waals surface area contributed by atoms with Gasteiger partial charge in [-0.1, -0.05) is 64.1 Å². The second-order valence-corrected chi connectivity index (χ2v) is 11.4. The zero-order valence-corrected chi connectivity index (χ0v) is 26.6. The molecule has 0 aliphatic carbocycles. The predicted octanol–water partition coefficient (Wildman–Crippen LogP) is 8.93. The van der Waals surface area contributed by atoms with Gasteiger partial charge < -0.3 is 24.4 Å². The van der Waals surface area contributed by atoms with Gasteiger partial charge in [0.2, 0.25) is 0 Å². The Morgan fingerprint density at radius 3 is 1.69 bits per heavy atom. The summed E-state index contributed by atoms with van der Waals surface area (Å²) in [4.78, 5) is 11.8. The molecular weight excluding hydrogens is 528 g/mol. The number of carbonyl (C=O) groups is 1. The fraction of sp³-hybridized carbons (Fsp3) is 0.472. The maximum atomic E-state index is 11.8. The standard InChI is InChI=1S/C21H28O3.C15H22O3/c1-5-17(19-6-10-20(22)11-7-19)14-15(2)18-8-12-21(13-9-18)24-16(3)23-4;1-5-15(3,14(17)18-4)10-11(2)12-6-8-13(16)9-7-12/h6-13,15-17,22H,5,14H2,1-4H3;6-9,11,16H,5,10H2,1-4H3. The maximum absolute atomic E-state index is 11.8. The molecule has 3 aromatic carbocycles. The Hall–Kier alpha value is -3.51. The number of benzene rings is 3. The highest BCUT2D eigenvalue weighted by molar-refractivity contribution is 5.76. The predicted molar refractivity (Wildman–Crippen MR) is 169 cm³/mol. The number of aromatic hydroxyl groups is 2. The van der Waals surface area contributed by atoms with E-state index in [0.29, 0.717) is 17.6 Å². The average Bonchev–Trinajstić information content (AvgIpc) is 3.00. The molecule has 2 N–H and O–H groups in total. The maximum Gasteiger partial charge on any atom is 0.311 e. The third kappa shape index (κ3) is 10.4. The van der Waals surface area contributed by atoms with Crippen molar-refractivity contribution in [3.8, 4) is 17.2 Å². The molecule has 5 atom stereocenters. The molecule has 0 saturated heterocycles. The Kier molecular flexibility index (Phi) is 13.9. The number of carbonyl (C=O) groups excluding carboxylic acids is 1. The van der Waals surface area contributed by atoms with Crippen molar-refractivity contribution < 1.29 is 29.2 Å². The van der Waals surface area contributed by atoms with E-state index in [1.54, 1.807) is 31.4 Å². The fourth-order valence-electron chi connectivity index (χ4n) is 5.18. The van der Waals surface area contributed by atoms with Crippen LogP contribution < -0.4 is 4.74 Å². The molecule has 0 amide bonds. The summed E-state index contributed by atoms with van der Waals surface area (Å²) in [6.45, 7) is 12.4. The highest BCUT2D eigenvalue weighted by atomic mass is 16.7. The fourth-order valence-corrected chi connectivity index (χ4v) is 5.18. The van der Waals surface area contributed by atoms with E-state index in [9.17, 15) is 15.0 Å². The molecule has 0 spiro atoms. The van der Waals surface area contributed by atoms with E-state index in [-0.39, 0.29) is 23.9 Å². The second kappa shape index (κ2) is 16.8. The molecule has 6 heteroatoms. The van der Waals surface area contributed by atoms with E-state index in [0.717, 1.165) is 37.0 Å². The third-order valence-corrected chi connectivity index (χ3v) is 8.26. The van der Waals surface area contributed by atoms with E-state index in [4.69, 9.17) is 14.2 Å². The van der Waals surface area contributed by atoms with Crippen molar-refractivity contribution in [2.75, 3.05) is 14.2 Å². The Bertz CT molecular complexity index is 1190. The van der Waals surface area contributed by atoms with E-state index >= 15 is 0 Å². The van der Waals surface area contributed by atoms with Gasteiger partial charge in [0, 0.05) is 7.11 Å². The lowest BCUT2D eigenvalue weighted by molar-refractivity contribution is -0.152. The van der Waals surface area contributed by atoms with Crippen molar-refractivity contribution in [2.45, 2.75) is 91.3 Å². The first-order chi connectivity index (χ1) is 20.0. The largest absolute Gasteiger partial charge is 0.508 e. The number of esters is 1. The quantitative estimate of drug-likeness (QED) is 0.156. The zero-order valence-electron chi connectivity index (χ0n) is 26.6. The van der Waals surface area contributed by atoms with E-state index in [1.165, 1.54) is 18.2 Å². The normalized spacial score (nSPS) is 15.2. The molecule has 0 aliphatic rings. The molecular formula is C36H50O6. The van der Waals surface area contributed by atoms with Gasteiger partial charge in [0.1, 0.15) is 17.2 Å². The molecule has 3 aromatic rings. The molecule has 0 saturated carbocycles. The van der Waals surface area contributed by atoms with Crippen LogP contribution in [0.3, 0.4) is 0 Å². The van der Waals surface area contributed by atoms with Crippen LogP contribution in [0.25, 0.3) is 0 Å². The lowest BCUT2D eigenvalue weighted by Gasteiger charge is -2.28. The van der Waals surface area contributed by atoms with Crippen molar-refractivity contribution in [2.24, 2.45) is 5.41 Å². The van der Waals surface area contributed by atoms with Gasteiger partial charge in [-0.25, -0.2) is 0 Å². The number of hydrogen-bond acceptors (Lipinski definition) is 6. The summed E-state index contributed by atoms with van der Waals surface area (Å²) < 4.78 is 15.6. The van der Waals surface area contributed by atoms with Gasteiger partial charge in [0.15, 0.2) is 6.29 Å². The van der Waals surface area contributed by atoms with Gasteiger partial charge in [-0.2, -0.15) is 0 Å². The van der Waals surface area contributed by atoms with E-state index in [1.807, 2.05) is 57.2 Å².